The first kappa shape index (κ1) is 18.2. The second-order valence-corrected chi connectivity index (χ2v) is 7.25. The minimum atomic E-state index is -0.380. The van der Waals surface area contributed by atoms with Crippen LogP contribution in [0.15, 0.2) is 66.9 Å². The Morgan fingerprint density at radius 1 is 1.11 bits per heavy atom. The van der Waals surface area contributed by atoms with Crippen LogP contribution in [-0.2, 0) is 6.54 Å². The van der Waals surface area contributed by atoms with Gasteiger partial charge in [-0.25, -0.2) is 0 Å². The van der Waals surface area contributed by atoms with E-state index < -0.39 is 0 Å². The summed E-state index contributed by atoms with van der Waals surface area (Å²) in [7, 11) is 0. The van der Waals surface area contributed by atoms with E-state index in [9.17, 15) is 10.1 Å². The van der Waals surface area contributed by atoms with Crippen LogP contribution in [0.1, 0.15) is 22.9 Å². The number of nitro benzene ring substituents is 1. The predicted octanol–water partition coefficient (Wildman–Crippen LogP) is 4.51. The van der Waals surface area contributed by atoms with Crippen molar-refractivity contribution in [2.45, 2.75) is 19.5 Å². The predicted molar refractivity (Wildman–Crippen MR) is 113 cm³/mol. The van der Waals surface area contributed by atoms with Crippen molar-refractivity contribution in [3.63, 3.8) is 0 Å². The van der Waals surface area contributed by atoms with Crippen molar-refractivity contribution in [1.82, 2.24) is 9.47 Å². The van der Waals surface area contributed by atoms with Gasteiger partial charge < -0.3 is 14.8 Å². The maximum absolute atomic E-state index is 11.0. The van der Waals surface area contributed by atoms with E-state index in [0.717, 1.165) is 30.0 Å². The zero-order valence-electron chi connectivity index (χ0n) is 15.4. The Morgan fingerprint density at radius 2 is 1.82 bits per heavy atom. The molecule has 1 N–H and O–H groups in total. The highest BCUT2D eigenvalue weighted by Crippen LogP contribution is 2.33. The van der Waals surface area contributed by atoms with E-state index in [0.29, 0.717) is 5.11 Å². The third-order valence-corrected chi connectivity index (χ3v) is 5.36. The van der Waals surface area contributed by atoms with Gasteiger partial charge in [0.05, 0.1) is 11.0 Å². The first-order chi connectivity index (χ1) is 13.5. The molecule has 1 unspecified atom stereocenters. The van der Waals surface area contributed by atoms with Crippen LogP contribution in [0, 0.1) is 17.0 Å². The standard InChI is InChI=1S/C21H20N4O2S/c1-15-4-8-17(9-5-15)22-21(28)24-14-13-23-12-2-3-19(23)20(24)16-6-10-18(11-7-16)25(26)27/h2-12,20H,13-14H2,1H3,(H,22,28). The van der Waals surface area contributed by atoms with Gasteiger partial charge >= 0.3 is 0 Å². The van der Waals surface area contributed by atoms with Gasteiger partial charge in [-0.15, -0.1) is 0 Å². The number of benzene rings is 2. The molecular formula is C21H20N4O2S. The molecule has 4 rings (SSSR count). The molecule has 2 heterocycles. The number of rotatable bonds is 3. The van der Waals surface area contributed by atoms with E-state index in [2.05, 4.69) is 27.0 Å². The smallest absolute Gasteiger partial charge is 0.269 e. The molecule has 1 aromatic heterocycles. The molecule has 3 aromatic rings. The van der Waals surface area contributed by atoms with Crippen molar-refractivity contribution in [1.29, 1.82) is 0 Å². The molecule has 28 heavy (non-hydrogen) atoms. The van der Waals surface area contributed by atoms with Crippen LogP contribution in [0.4, 0.5) is 11.4 Å². The van der Waals surface area contributed by atoms with Gasteiger partial charge in [0.25, 0.3) is 5.69 Å². The van der Waals surface area contributed by atoms with Crippen LogP contribution in [0.25, 0.3) is 0 Å². The maximum atomic E-state index is 11.0. The average Bonchev–Trinajstić information content (AvgIpc) is 3.18. The summed E-state index contributed by atoms with van der Waals surface area (Å²) in [5, 5.41) is 15.0. The highest BCUT2D eigenvalue weighted by molar-refractivity contribution is 7.80. The van der Waals surface area contributed by atoms with Crippen molar-refractivity contribution < 1.29 is 4.92 Å². The fourth-order valence-corrected chi connectivity index (χ4v) is 3.88. The number of anilines is 1. The molecule has 0 saturated carbocycles. The molecule has 1 aliphatic rings. The molecule has 6 nitrogen and oxygen atoms in total. The van der Waals surface area contributed by atoms with Crippen molar-refractivity contribution >= 4 is 28.7 Å². The number of nitrogens with one attached hydrogen (secondary N) is 1. The number of nitro groups is 1. The van der Waals surface area contributed by atoms with Crippen molar-refractivity contribution in [2.75, 3.05) is 11.9 Å². The van der Waals surface area contributed by atoms with Crippen molar-refractivity contribution in [3.05, 3.63) is 93.8 Å². The zero-order valence-corrected chi connectivity index (χ0v) is 16.2. The molecule has 0 fully saturated rings. The first-order valence-corrected chi connectivity index (χ1v) is 9.47. The molecule has 0 aliphatic carbocycles. The Bertz CT molecular complexity index is 1010. The Hall–Kier alpha value is -3.19. The molecule has 2 aromatic carbocycles. The topological polar surface area (TPSA) is 63.3 Å². The minimum absolute atomic E-state index is 0.0850. The molecule has 7 heteroatoms. The molecular weight excluding hydrogens is 372 g/mol. The monoisotopic (exact) mass is 392 g/mol. The number of hydrogen-bond donors (Lipinski definition) is 1. The van der Waals surface area contributed by atoms with E-state index in [1.807, 2.05) is 49.4 Å². The number of hydrogen-bond acceptors (Lipinski definition) is 3. The van der Waals surface area contributed by atoms with Gasteiger partial charge in [-0.3, -0.25) is 10.1 Å². The summed E-state index contributed by atoms with van der Waals surface area (Å²) in [5.74, 6) is 0. The lowest BCUT2D eigenvalue weighted by atomic mass is 10.00. The van der Waals surface area contributed by atoms with Crippen LogP contribution < -0.4 is 5.32 Å². The largest absolute Gasteiger partial charge is 0.348 e. The third-order valence-electron chi connectivity index (χ3n) is 5.02. The summed E-state index contributed by atoms with van der Waals surface area (Å²) in [6, 6.07) is 18.8. The van der Waals surface area contributed by atoms with Gasteiger partial charge in [-0.05, 0) is 61.1 Å². The fourth-order valence-electron chi connectivity index (χ4n) is 3.56. The number of nitrogens with zero attached hydrogens (tertiary/aromatic N) is 3. The van der Waals surface area contributed by atoms with E-state index in [4.69, 9.17) is 12.2 Å². The maximum Gasteiger partial charge on any atom is 0.269 e. The van der Waals surface area contributed by atoms with Gasteiger partial charge in [0.15, 0.2) is 5.11 Å². The summed E-state index contributed by atoms with van der Waals surface area (Å²) < 4.78 is 2.21. The lowest BCUT2D eigenvalue weighted by Gasteiger charge is -2.39. The molecule has 142 valence electrons. The molecule has 0 bridgehead atoms. The van der Waals surface area contributed by atoms with Crippen LogP contribution in [-0.4, -0.2) is 26.0 Å². The number of aromatic nitrogens is 1. The van der Waals surface area contributed by atoms with Gasteiger partial charge in [-0.2, -0.15) is 0 Å². The number of thiocarbonyl (C=S) groups is 1. The molecule has 1 atom stereocenters. The summed E-state index contributed by atoms with van der Waals surface area (Å²) in [6.45, 7) is 3.63. The van der Waals surface area contributed by atoms with Crippen LogP contribution >= 0.6 is 12.2 Å². The lowest BCUT2D eigenvalue weighted by molar-refractivity contribution is -0.384. The second-order valence-electron chi connectivity index (χ2n) is 6.87. The van der Waals surface area contributed by atoms with E-state index in [1.54, 1.807) is 12.1 Å². The average molecular weight is 392 g/mol. The summed E-state index contributed by atoms with van der Waals surface area (Å²) >= 11 is 5.73. The summed E-state index contributed by atoms with van der Waals surface area (Å²) in [6.07, 6.45) is 2.06. The molecule has 0 saturated heterocycles. The van der Waals surface area contributed by atoms with Crippen LogP contribution in [0.3, 0.4) is 0 Å². The number of fused-ring (bicyclic) bond motifs is 1. The van der Waals surface area contributed by atoms with Gasteiger partial charge in [0, 0.05) is 42.8 Å². The number of non-ortho nitro benzene ring substituents is 1. The van der Waals surface area contributed by atoms with Crippen LogP contribution in [0.2, 0.25) is 0 Å². The third kappa shape index (κ3) is 3.48. The van der Waals surface area contributed by atoms with Gasteiger partial charge in [-0.1, -0.05) is 17.7 Å². The lowest BCUT2D eigenvalue weighted by Crippen LogP contribution is -2.44. The van der Waals surface area contributed by atoms with Gasteiger partial charge in [0.2, 0.25) is 0 Å². The quantitative estimate of drug-likeness (QED) is 0.404. The van der Waals surface area contributed by atoms with E-state index in [1.165, 1.54) is 5.56 Å². The summed E-state index contributed by atoms with van der Waals surface area (Å²) in [4.78, 5) is 12.8. The van der Waals surface area contributed by atoms with E-state index in [-0.39, 0.29) is 16.7 Å². The molecule has 0 amide bonds. The molecule has 0 spiro atoms. The Kier molecular flexibility index (Phi) is 4.83. The highest BCUT2D eigenvalue weighted by Gasteiger charge is 2.30. The molecule has 0 radical (unpaired) electrons. The first-order valence-electron chi connectivity index (χ1n) is 9.06. The highest BCUT2D eigenvalue weighted by atomic mass is 32.1. The normalized spacial score (nSPS) is 15.8. The Balaban J connectivity index is 1.66. The Labute approximate surface area is 168 Å². The second kappa shape index (κ2) is 7.44. The minimum Gasteiger partial charge on any atom is -0.348 e. The fraction of sp³-hybridized carbons (Fsp3) is 0.190. The molecule has 1 aliphatic heterocycles. The number of aryl methyl sites for hydroxylation is 1. The zero-order chi connectivity index (χ0) is 19.7. The summed E-state index contributed by atoms with van der Waals surface area (Å²) in [5.41, 5.74) is 4.31. The SMILES string of the molecule is Cc1ccc(NC(=S)N2CCn3cccc3C2c2ccc([N+](=O)[O-])cc2)cc1. The van der Waals surface area contributed by atoms with E-state index >= 15 is 0 Å². The van der Waals surface area contributed by atoms with Crippen molar-refractivity contribution in [3.8, 4) is 0 Å². The van der Waals surface area contributed by atoms with Crippen LogP contribution in [0.5, 0.6) is 0 Å². The van der Waals surface area contributed by atoms with Gasteiger partial charge in [0.1, 0.15) is 0 Å². The van der Waals surface area contributed by atoms with Crippen molar-refractivity contribution in [2.24, 2.45) is 0 Å². The Morgan fingerprint density at radius 3 is 2.50 bits per heavy atom.